The SMILES string of the molecule is O=C1NCCCCC1n1cnc2ccccc21. The number of imidazole rings is 1. The number of carbonyl (C=O) groups is 1. The van der Waals surface area contributed by atoms with E-state index in [2.05, 4.69) is 10.3 Å². The van der Waals surface area contributed by atoms with Crippen LogP contribution in [0.3, 0.4) is 0 Å². The second-order valence-corrected chi connectivity index (χ2v) is 4.44. The molecule has 0 radical (unpaired) electrons. The summed E-state index contributed by atoms with van der Waals surface area (Å²) in [5.74, 6) is 0.116. The summed E-state index contributed by atoms with van der Waals surface area (Å²) in [4.78, 5) is 16.3. The lowest BCUT2D eigenvalue weighted by Crippen LogP contribution is -2.30. The molecule has 1 atom stereocenters. The summed E-state index contributed by atoms with van der Waals surface area (Å²) < 4.78 is 2.00. The Labute approximate surface area is 99.6 Å². The van der Waals surface area contributed by atoms with E-state index in [-0.39, 0.29) is 11.9 Å². The van der Waals surface area contributed by atoms with Crippen molar-refractivity contribution in [2.75, 3.05) is 6.54 Å². The Morgan fingerprint density at radius 3 is 3.12 bits per heavy atom. The number of benzene rings is 1. The molecular weight excluding hydrogens is 214 g/mol. The summed E-state index contributed by atoms with van der Waals surface area (Å²) in [6.45, 7) is 0.794. The molecule has 3 rings (SSSR count). The fraction of sp³-hybridized carbons (Fsp3) is 0.385. The van der Waals surface area contributed by atoms with Gasteiger partial charge in [0.2, 0.25) is 5.91 Å². The van der Waals surface area contributed by atoms with Crippen LogP contribution >= 0.6 is 0 Å². The molecule has 1 fully saturated rings. The zero-order chi connectivity index (χ0) is 11.7. The average molecular weight is 229 g/mol. The lowest BCUT2D eigenvalue weighted by Gasteiger charge is -2.15. The number of hydrogen-bond donors (Lipinski definition) is 1. The molecule has 2 heterocycles. The third kappa shape index (κ3) is 1.79. The van der Waals surface area contributed by atoms with Crippen LogP contribution in [0.5, 0.6) is 0 Å². The maximum Gasteiger partial charge on any atom is 0.243 e. The van der Waals surface area contributed by atoms with Crippen LogP contribution in [0.15, 0.2) is 30.6 Å². The largest absolute Gasteiger partial charge is 0.354 e. The van der Waals surface area contributed by atoms with Gasteiger partial charge in [0.25, 0.3) is 0 Å². The zero-order valence-electron chi connectivity index (χ0n) is 9.60. The second kappa shape index (κ2) is 4.20. The standard InChI is InChI=1S/C13H15N3O/c17-13-12(7-3-4-8-14-13)16-9-15-10-5-1-2-6-11(10)16/h1-2,5-6,9,12H,3-4,7-8H2,(H,14,17). The summed E-state index contributed by atoms with van der Waals surface area (Å²) in [6.07, 6.45) is 4.82. The van der Waals surface area contributed by atoms with Crippen molar-refractivity contribution in [1.82, 2.24) is 14.9 Å². The van der Waals surface area contributed by atoms with Crippen molar-refractivity contribution in [3.63, 3.8) is 0 Å². The van der Waals surface area contributed by atoms with Crippen molar-refractivity contribution in [1.29, 1.82) is 0 Å². The molecule has 2 aromatic rings. The molecule has 4 heteroatoms. The number of amides is 1. The summed E-state index contributed by atoms with van der Waals surface area (Å²) >= 11 is 0. The first kappa shape index (κ1) is 10.3. The Bertz CT molecular complexity index is 546. The summed E-state index contributed by atoms with van der Waals surface area (Å²) in [7, 11) is 0. The predicted molar refractivity (Wildman–Crippen MR) is 65.6 cm³/mol. The van der Waals surface area contributed by atoms with Gasteiger partial charge in [0.1, 0.15) is 6.04 Å². The van der Waals surface area contributed by atoms with Crippen molar-refractivity contribution in [3.05, 3.63) is 30.6 Å². The van der Waals surface area contributed by atoms with E-state index in [1.165, 1.54) is 0 Å². The number of para-hydroxylation sites is 2. The highest BCUT2D eigenvalue weighted by Crippen LogP contribution is 2.23. The molecule has 1 amide bonds. The third-order valence-electron chi connectivity index (χ3n) is 3.32. The molecule has 4 nitrogen and oxygen atoms in total. The number of rotatable bonds is 1. The Kier molecular flexibility index (Phi) is 2.55. The zero-order valence-corrected chi connectivity index (χ0v) is 9.60. The molecule has 0 aliphatic carbocycles. The molecule has 17 heavy (non-hydrogen) atoms. The minimum absolute atomic E-state index is 0.107. The lowest BCUT2D eigenvalue weighted by atomic mass is 10.1. The molecule has 88 valence electrons. The Hall–Kier alpha value is -1.84. The van der Waals surface area contributed by atoms with E-state index in [4.69, 9.17) is 0 Å². The van der Waals surface area contributed by atoms with E-state index < -0.39 is 0 Å². The Balaban J connectivity index is 2.04. The highest BCUT2D eigenvalue weighted by atomic mass is 16.2. The predicted octanol–water partition coefficient (Wildman–Crippen LogP) is 1.88. The maximum absolute atomic E-state index is 12.0. The van der Waals surface area contributed by atoms with Crippen molar-refractivity contribution < 1.29 is 4.79 Å². The van der Waals surface area contributed by atoms with Crippen LogP contribution in [0.2, 0.25) is 0 Å². The number of fused-ring (bicyclic) bond motifs is 1. The number of nitrogens with one attached hydrogen (secondary N) is 1. The fourth-order valence-electron chi connectivity index (χ4n) is 2.42. The first-order valence-corrected chi connectivity index (χ1v) is 6.05. The van der Waals surface area contributed by atoms with Gasteiger partial charge in [-0.15, -0.1) is 0 Å². The molecular formula is C13H15N3O. The van der Waals surface area contributed by atoms with E-state index >= 15 is 0 Å². The third-order valence-corrected chi connectivity index (χ3v) is 3.32. The summed E-state index contributed by atoms with van der Waals surface area (Å²) in [6, 6.07) is 7.83. The minimum atomic E-state index is -0.107. The Morgan fingerprint density at radius 2 is 2.18 bits per heavy atom. The molecule has 1 aromatic carbocycles. The van der Waals surface area contributed by atoms with Crippen molar-refractivity contribution in [2.45, 2.75) is 25.3 Å². The van der Waals surface area contributed by atoms with Gasteiger partial charge in [0.05, 0.1) is 17.4 Å². The van der Waals surface area contributed by atoms with Crippen LogP contribution in [0, 0.1) is 0 Å². The maximum atomic E-state index is 12.0. The molecule has 0 spiro atoms. The molecule has 1 N–H and O–H groups in total. The second-order valence-electron chi connectivity index (χ2n) is 4.44. The first-order valence-electron chi connectivity index (χ1n) is 6.05. The van der Waals surface area contributed by atoms with Crippen LogP contribution in [0.25, 0.3) is 11.0 Å². The quantitative estimate of drug-likeness (QED) is 0.811. The first-order chi connectivity index (χ1) is 8.36. The number of carbonyl (C=O) groups excluding carboxylic acids is 1. The van der Waals surface area contributed by atoms with Gasteiger partial charge in [-0.2, -0.15) is 0 Å². The van der Waals surface area contributed by atoms with Gasteiger partial charge in [-0.25, -0.2) is 4.98 Å². The Morgan fingerprint density at radius 1 is 1.29 bits per heavy atom. The topological polar surface area (TPSA) is 46.9 Å². The normalized spacial score (nSPS) is 21.2. The van der Waals surface area contributed by atoms with Gasteiger partial charge in [-0.3, -0.25) is 4.79 Å². The van der Waals surface area contributed by atoms with Crippen LogP contribution in [-0.2, 0) is 4.79 Å². The molecule has 1 aliphatic rings. The van der Waals surface area contributed by atoms with Gasteiger partial charge in [-0.05, 0) is 31.4 Å². The van der Waals surface area contributed by atoms with Crippen LogP contribution < -0.4 is 5.32 Å². The van der Waals surface area contributed by atoms with E-state index in [0.717, 1.165) is 36.8 Å². The van der Waals surface area contributed by atoms with Crippen molar-refractivity contribution in [3.8, 4) is 0 Å². The fourth-order valence-corrected chi connectivity index (χ4v) is 2.42. The summed E-state index contributed by atoms with van der Waals surface area (Å²) in [5.41, 5.74) is 1.99. The highest BCUT2D eigenvalue weighted by Gasteiger charge is 2.23. The smallest absolute Gasteiger partial charge is 0.243 e. The van der Waals surface area contributed by atoms with E-state index in [0.29, 0.717) is 0 Å². The molecule has 1 aliphatic heterocycles. The van der Waals surface area contributed by atoms with Crippen molar-refractivity contribution >= 4 is 16.9 Å². The van der Waals surface area contributed by atoms with Gasteiger partial charge >= 0.3 is 0 Å². The minimum Gasteiger partial charge on any atom is -0.354 e. The highest BCUT2D eigenvalue weighted by molar-refractivity contribution is 5.84. The van der Waals surface area contributed by atoms with Gasteiger partial charge in [-0.1, -0.05) is 12.1 Å². The van der Waals surface area contributed by atoms with Crippen LogP contribution in [0.1, 0.15) is 25.3 Å². The van der Waals surface area contributed by atoms with Crippen molar-refractivity contribution in [2.24, 2.45) is 0 Å². The van der Waals surface area contributed by atoms with Gasteiger partial charge in [0, 0.05) is 6.54 Å². The number of aromatic nitrogens is 2. The van der Waals surface area contributed by atoms with Crippen LogP contribution in [-0.4, -0.2) is 22.0 Å². The van der Waals surface area contributed by atoms with E-state index in [9.17, 15) is 4.79 Å². The monoisotopic (exact) mass is 229 g/mol. The molecule has 1 saturated heterocycles. The average Bonchev–Trinajstić information content (AvgIpc) is 2.66. The molecule has 0 saturated carbocycles. The molecule has 0 bridgehead atoms. The van der Waals surface area contributed by atoms with E-state index in [1.807, 2.05) is 28.8 Å². The lowest BCUT2D eigenvalue weighted by molar-refractivity contribution is -0.123. The van der Waals surface area contributed by atoms with E-state index in [1.54, 1.807) is 6.33 Å². The number of nitrogens with zero attached hydrogens (tertiary/aromatic N) is 2. The molecule has 1 unspecified atom stereocenters. The molecule has 1 aromatic heterocycles. The van der Waals surface area contributed by atoms with Crippen LogP contribution in [0.4, 0.5) is 0 Å². The summed E-state index contributed by atoms with van der Waals surface area (Å²) in [5, 5.41) is 2.96. The van der Waals surface area contributed by atoms with Gasteiger partial charge in [0.15, 0.2) is 0 Å². The number of hydrogen-bond acceptors (Lipinski definition) is 2. The van der Waals surface area contributed by atoms with Gasteiger partial charge < -0.3 is 9.88 Å².